The molecular formula is C20H31N3O2. The predicted octanol–water partition coefficient (Wildman–Crippen LogP) is 3.54. The molecule has 2 aromatic rings. The van der Waals surface area contributed by atoms with Crippen LogP contribution in [0, 0.1) is 19.8 Å². The zero-order chi connectivity index (χ0) is 17.6. The molecule has 1 aliphatic carbocycles. The summed E-state index contributed by atoms with van der Waals surface area (Å²) >= 11 is 0. The molecule has 0 unspecified atom stereocenters. The van der Waals surface area contributed by atoms with Gasteiger partial charge in [-0.2, -0.15) is 5.10 Å². The predicted molar refractivity (Wildman–Crippen MR) is 98.3 cm³/mol. The minimum absolute atomic E-state index is 0.434. The summed E-state index contributed by atoms with van der Waals surface area (Å²) in [5.41, 5.74) is 2.10. The molecule has 1 saturated carbocycles. The van der Waals surface area contributed by atoms with Crippen molar-refractivity contribution in [2.24, 2.45) is 5.92 Å². The summed E-state index contributed by atoms with van der Waals surface area (Å²) in [6, 6.07) is 6.00. The second-order valence-electron chi connectivity index (χ2n) is 7.54. The van der Waals surface area contributed by atoms with Crippen LogP contribution >= 0.6 is 0 Å². The van der Waals surface area contributed by atoms with Gasteiger partial charge in [-0.25, -0.2) is 0 Å². The third-order valence-electron chi connectivity index (χ3n) is 5.16. The van der Waals surface area contributed by atoms with Crippen molar-refractivity contribution in [3.63, 3.8) is 0 Å². The third kappa shape index (κ3) is 5.44. The van der Waals surface area contributed by atoms with Gasteiger partial charge >= 0.3 is 0 Å². The molecule has 5 heteroatoms. The average Bonchev–Trinajstić information content (AvgIpc) is 3.18. The monoisotopic (exact) mass is 345 g/mol. The first-order valence-corrected chi connectivity index (χ1v) is 9.54. The summed E-state index contributed by atoms with van der Waals surface area (Å²) in [6.45, 7) is 7.01. The summed E-state index contributed by atoms with van der Waals surface area (Å²) in [4.78, 5) is 2.35. The fraction of sp³-hybridized carbons (Fsp3) is 0.650. The standard InChI is InChI=1S/C20H31N3O2/c1-16-11-17(2)23(21-16)14-19(24)13-22(15-20-9-6-10-25-20)12-18-7-4-3-5-8-18/h6,9-11,18-19,24H,3-5,7-8,12-15H2,1-2H3/t19-/m0/s1. The number of aliphatic hydroxyl groups is 1. The Morgan fingerprint density at radius 3 is 2.76 bits per heavy atom. The van der Waals surface area contributed by atoms with Crippen LogP contribution in [0.4, 0.5) is 0 Å². The van der Waals surface area contributed by atoms with Crippen molar-refractivity contribution in [3.8, 4) is 0 Å². The van der Waals surface area contributed by atoms with Crippen molar-refractivity contribution in [1.29, 1.82) is 0 Å². The number of aromatic nitrogens is 2. The smallest absolute Gasteiger partial charge is 0.117 e. The topological polar surface area (TPSA) is 54.4 Å². The van der Waals surface area contributed by atoms with E-state index < -0.39 is 6.10 Å². The maximum atomic E-state index is 10.6. The van der Waals surface area contributed by atoms with E-state index in [-0.39, 0.29) is 0 Å². The lowest BCUT2D eigenvalue weighted by Crippen LogP contribution is -2.38. The molecule has 1 fully saturated rings. The Labute approximate surface area is 150 Å². The zero-order valence-corrected chi connectivity index (χ0v) is 15.5. The molecule has 1 atom stereocenters. The van der Waals surface area contributed by atoms with Gasteiger partial charge < -0.3 is 9.52 Å². The molecule has 1 N–H and O–H groups in total. The van der Waals surface area contributed by atoms with E-state index in [2.05, 4.69) is 16.1 Å². The van der Waals surface area contributed by atoms with E-state index in [4.69, 9.17) is 4.42 Å². The van der Waals surface area contributed by atoms with Gasteiger partial charge in [0.05, 0.1) is 31.2 Å². The van der Waals surface area contributed by atoms with Gasteiger partial charge in [0.15, 0.2) is 0 Å². The molecule has 25 heavy (non-hydrogen) atoms. The molecular weight excluding hydrogens is 314 g/mol. The van der Waals surface area contributed by atoms with Gasteiger partial charge in [-0.05, 0) is 50.8 Å². The molecule has 138 valence electrons. The minimum Gasteiger partial charge on any atom is -0.468 e. The van der Waals surface area contributed by atoms with E-state index in [9.17, 15) is 5.11 Å². The first kappa shape index (κ1) is 18.2. The van der Waals surface area contributed by atoms with Gasteiger partial charge in [0.2, 0.25) is 0 Å². The van der Waals surface area contributed by atoms with Crippen molar-refractivity contribution in [3.05, 3.63) is 41.6 Å². The Balaban J connectivity index is 1.60. The van der Waals surface area contributed by atoms with Crippen LogP contribution in [0.1, 0.15) is 49.3 Å². The highest BCUT2D eigenvalue weighted by molar-refractivity contribution is 5.06. The first-order valence-electron chi connectivity index (χ1n) is 9.54. The Morgan fingerprint density at radius 1 is 1.32 bits per heavy atom. The highest BCUT2D eigenvalue weighted by Crippen LogP contribution is 2.25. The van der Waals surface area contributed by atoms with Crippen molar-refractivity contribution in [1.82, 2.24) is 14.7 Å². The van der Waals surface area contributed by atoms with Crippen molar-refractivity contribution < 1.29 is 9.52 Å². The molecule has 0 amide bonds. The zero-order valence-electron chi connectivity index (χ0n) is 15.5. The molecule has 1 aliphatic rings. The summed E-state index contributed by atoms with van der Waals surface area (Å²) in [7, 11) is 0. The molecule has 2 heterocycles. The van der Waals surface area contributed by atoms with Gasteiger partial charge in [0.25, 0.3) is 0 Å². The van der Waals surface area contributed by atoms with Crippen LogP contribution in [0.3, 0.4) is 0 Å². The molecule has 0 saturated heterocycles. The number of nitrogens with zero attached hydrogens (tertiary/aromatic N) is 3. The van der Waals surface area contributed by atoms with Crippen LogP contribution in [0.15, 0.2) is 28.9 Å². The van der Waals surface area contributed by atoms with E-state index in [0.29, 0.717) is 13.1 Å². The molecule has 0 bridgehead atoms. The summed E-state index contributed by atoms with van der Waals surface area (Å²) < 4.78 is 7.44. The average molecular weight is 345 g/mol. The van der Waals surface area contributed by atoms with Gasteiger partial charge in [-0.15, -0.1) is 0 Å². The Morgan fingerprint density at radius 2 is 2.12 bits per heavy atom. The fourth-order valence-electron chi connectivity index (χ4n) is 3.98. The number of rotatable bonds is 8. The van der Waals surface area contributed by atoms with Crippen LogP contribution in [0.5, 0.6) is 0 Å². The van der Waals surface area contributed by atoms with Gasteiger partial charge in [-0.3, -0.25) is 9.58 Å². The number of hydrogen-bond acceptors (Lipinski definition) is 4. The van der Waals surface area contributed by atoms with E-state index in [1.54, 1.807) is 6.26 Å². The molecule has 0 spiro atoms. The molecule has 0 radical (unpaired) electrons. The van der Waals surface area contributed by atoms with Crippen LogP contribution in [0.25, 0.3) is 0 Å². The Hall–Kier alpha value is -1.59. The highest BCUT2D eigenvalue weighted by Gasteiger charge is 2.21. The lowest BCUT2D eigenvalue weighted by Gasteiger charge is -2.30. The second kappa shape index (κ2) is 8.68. The van der Waals surface area contributed by atoms with Crippen molar-refractivity contribution in [2.75, 3.05) is 13.1 Å². The number of furan rings is 1. The Kier molecular flexibility index (Phi) is 6.32. The number of aryl methyl sites for hydroxylation is 2. The lowest BCUT2D eigenvalue weighted by molar-refractivity contribution is 0.0747. The first-order chi connectivity index (χ1) is 12.1. The van der Waals surface area contributed by atoms with Gasteiger partial charge in [0, 0.05) is 18.8 Å². The quantitative estimate of drug-likeness (QED) is 0.795. The van der Waals surface area contributed by atoms with Gasteiger partial charge in [-0.1, -0.05) is 19.3 Å². The summed E-state index contributed by atoms with van der Waals surface area (Å²) in [5.74, 6) is 1.71. The van der Waals surface area contributed by atoms with E-state index >= 15 is 0 Å². The normalized spacial score (nSPS) is 17.3. The Bertz CT molecular complexity index is 629. The maximum absolute atomic E-state index is 10.6. The van der Waals surface area contributed by atoms with Crippen LogP contribution in [-0.2, 0) is 13.1 Å². The molecule has 2 aromatic heterocycles. The van der Waals surface area contributed by atoms with E-state index in [1.807, 2.05) is 30.7 Å². The van der Waals surface area contributed by atoms with Crippen molar-refractivity contribution >= 4 is 0 Å². The molecule has 0 aromatic carbocycles. The van der Waals surface area contributed by atoms with Gasteiger partial charge in [0.1, 0.15) is 5.76 Å². The van der Waals surface area contributed by atoms with Crippen LogP contribution < -0.4 is 0 Å². The fourth-order valence-corrected chi connectivity index (χ4v) is 3.98. The number of hydrogen-bond donors (Lipinski definition) is 1. The lowest BCUT2D eigenvalue weighted by atomic mass is 9.89. The van der Waals surface area contributed by atoms with Crippen LogP contribution in [-0.4, -0.2) is 39.0 Å². The summed E-state index contributed by atoms with van der Waals surface area (Å²) in [6.07, 6.45) is 7.96. The highest BCUT2D eigenvalue weighted by atomic mass is 16.3. The maximum Gasteiger partial charge on any atom is 0.117 e. The van der Waals surface area contributed by atoms with Crippen molar-refractivity contribution in [2.45, 2.75) is 65.1 Å². The third-order valence-corrected chi connectivity index (χ3v) is 5.16. The number of aliphatic hydroxyl groups excluding tert-OH is 1. The molecule has 3 rings (SSSR count). The summed E-state index contributed by atoms with van der Waals surface area (Å²) in [5, 5.41) is 15.1. The second-order valence-corrected chi connectivity index (χ2v) is 7.54. The van der Waals surface area contributed by atoms with E-state index in [0.717, 1.165) is 36.2 Å². The molecule has 5 nitrogen and oxygen atoms in total. The van der Waals surface area contributed by atoms with E-state index in [1.165, 1.54) is 32.1 Å². The minimum atomic E-state index is -0.434. The largest absolute Gasteiger partial charge is 0.468 e. The SMILES string of the molecule is Cc1cc(C)n(C[C@@H](O)CN(Cc2ccco2)CC2CCCCC2)n1. The molecule has 0 aliphatic heterocycles. The van der Waals surface area contributed by atoms with Crippen LogP contribution in [0.2, 0.25) is 0 Å².